The summed E-state index contributed by atoms with van der Waals surface area (Å²) in [5.74, 6) is 0.780. The molecule has 26 heavy (non-hydrogen) atoms. The van der Waals surface area contributed by atoms with Crippen molar-refractivity contribution in [3.05, 3.63) is 23.9 Å². The lowest BCUT2D eigenvalue weighted by molar-refractivity contribution is -0.118. The molecule has 2 aliphatic rings. The number of anilines is 1. The Labute approximate surface area is 153 Å². The Morgan fingerprint density at radius 3 is 2.54 bits per heavy atom. The zero-order chi connectivity index (χ0) is 18.7. The molecule has 3 rings (SSSR count). The molecular weight excluding hydrogens is 356 g/mol. The summed E-state index contributed by atoms with van der Waals surface area (Å²) < 4.78 is 23.4. The van der Waals surface area contributed by atoms with Gasteiger partial charge in [0.1, 0.15) is 5.82 Å². The number of nitrogens with zero attached hydrogens (tertiary/aromatic N) is 4. The van der Waals surface area contributed by atoms with E-state index in [4.69, 9.17) is 0 Å². The van der Waals surface area contributed by atoms with E-state index in [1.165, 1.54) is 0 Å². The maximum absolute atomic E-state index is 12.8. The molecule has 9 heteroatoms. The summed E-state index contributed by atoms with van der Waals surface area (Å²) >= 11 is 0. The van der Waals surface area contributed by atoms with E-state index in [-0.39, 0.29) is 23.5 Å². The van der Waals surface area contributed by atoms with Gasteiger partial charge in [-0.25, -0.2) is 13.4 Å². The molecular formula is C17H24N4O4S. The lowest BCUT2D eigenvalue weighted by Crippen LogP contribution is -2.46. The van der Waals surface area contributed by atoms with Gasteiger partial charge in [-0.3, -0.25) is 9.59 Å². The zero-order valence-corrected chi connectivity index (χ0v) is 15.7. The quantitative estimate of drug-likeness (QED) is 0.669. The molecule has 2 fully saturated rings. The van der Waals surface area contributed by atoms with Crippen molar-refractivity contribution in [2.24, 2.45) is 0 Å². The highest BCUT2D eigenvalue weighted by Gasteiger charge is 2.34. The summed E-state index contributed by atoms with van der Waals surface area (Å²) in [5, 5.41) is 0. The number of carbonyl (C=O) groups is 2. The van der Waals surface area contributed by atoms with Crippen molar-refractivity contribution in [1.29, 1.82) is 0 Å². The Bertz CT molecular complexity index is 757. The fourth-order valence-electron chi connectivity index (χ4n) is 3.51. The molecule has 2 saturated heterocycles. The van der Waals surface area contributed by atoms with Gasteiger partial charge in [-0.2, -0.15) is 0 Å². The molecule has 142 valence electrons. The van der Waals surface area contributed by atoms with Gasteiger partial charge in [0.25, 0.3) is 5.91 Å². The van der Waals surface area contributed by atoms with Gasteiger partial charge in [-0.05, 0) is 25.5 Å². The first kappa shape index (κ1) is 18.6. The number of pyridine rings is 1. The monoisotopic (exact) mass is 380 g/mol. The molecule has 0 N–H and O–H groups in total. The number of sulfone groups is 1. The van der Waals surface area contributed by atoms with Crippen LogP contribution >= 0.6 is 0 Å². The first-order valence-corrected chi connectivity index (χ1v) is 10.7. The molecule has 1 unspecified atom stereocenters. The molecule has 1 atom stereocenters. The van der Waals surface area contributed by atoms with Gasteiger partial charge < -0.3 is 14.7 Å². The normalized spacial score (nSPS) is 22.3. The molecule has 0 radical (unpaired) electrons. The average molecular weight is 380 g/mol. The number of amides is 2. The second-order valence-corrected chi connectivity index (χ2v) is 8.91. The van der Waals surface area contributed by atoms with Crippen LogP contribution in [0.1, 0.15) is 23.7 Å². The van der Waals surface area contributed by atoms with Crippen molar-refractivity contribution in [1.82, 2.24) is 14.8 Å². The summed E-state index contributed by atoms with van der Waals surface area (Å²) in [6.45, 7) is 5.06. The van der Waals surface area contributed by atoms with Crippen LogP contribution in [0.25, 0.3) is 0 Å². The van der Waals surface area contributed by atoms with E-state index in [0.29, 0.717) is 44.7 Å². The summed E-state index contributed by atoms with van der Waals surface area (Å²) in [6.07, 6.45) is 2.90. The number of rotatable bonds is 5. The molecule has 0 saturated carbocycles. The fraction of sp³-hybridized carbons (Fsp3) is 0.588. The van der Waals surface area contributed by atoms with E-state index in [1.54, 1.807) is 22.1 Å². The van der Waals surface area contributed by atoms with Gasteiger partial charge in [0, 0.05) is 45.0 Å². The van der Waals surface area contributed by atoms with E-state index >= 15 is 0 Å². The highest BCUT2D eigenvalue weighted by atomic mass is 32.2. The molecule has 1 aromatic rings. The molecule has 0 aliphatic carbocycles. The predicted molar refractivity (Wildman–Crippen MR) is 97.9 cm³/mol. The highest BCUT2D eigenvalue weighted by Crippen LogP contribution is 2.21. The first-order valence-electron chi connectivity index (χ1n) is 8.85. The molecule has 3 heterocycles. The predicted octanol–water partition coefficient (Wildman–Crippen LogP) is 0.00920. The third kappa shape index (κ3) is 3.98. The van der Waals surface area contributed by atoms with Crippen LogP contribution in [0.15, 0.2) is 18.3 Å². The Balaban J connectivity index is 1.67. The summed E-state index contributed by atoms with van der Waals surface area (Å²) in [6, 6.07) is 3.29. The topological polar surface area (TPSA) is 90.9 Å². The number of aromatic nitrogens is 1. The summed E-state index contributed by atoms with van der Waals surface area (Å²) in [7, 11) is -3.04. The van der Waals surface area contributed by atoms with E-state index in [9.17, 15) is 18.0 Å². The van der Waals surface area contributed by atoms with Crippen LogP contribution in [0, 0.1) is 0 Å². The zero-order valence-electron chi connectivity index (χ0n) is 14.9. The van der Waals surface area contributed by atoms with Crippen LogP contribution < -0.4 is 4.90 Å². The van der Waals surface area contributed by atoms with E-state index < -0.39 is 9.84 Å². The number of carbonyl (C=O) groups excluding carboxylic acids is 2. The Hall–Kier alpha value is -2.16. The van der Waals surface area contributed by atoms with Gasteiger partial charge >= 0.3 is 0 Å². The van der Waals surface area contributed by atoms with Crippen molar-refractivity contribution in [2.45, 2.75) is 19.4 Å². The van der Waals surface area contributed by atoms with E-state index in [2.05, 4.69) is 9.88 Å². The van der Waals surface area contributed by atoms with Gasteiger partial charge in [-0.1, -0.05) is 0 Å². The summed E-state index contributed by atoms with van der Waals surface area (Å²) in [4.78, 5) is 33.4. The molecule has 0 aromatic carbocycles. The smallest absolute Gasteiger partial charge is 0.255 e. The third-order valence-corrected chi connectivity index (χ3v) is 6.78. The van der Waals surface area contributed by atoms with Crippen LogP contribution in [0.5, 0.6) is 0 Å². The number of piperazine rings is 1. The molecule has 2 aliphatic heterocycles. The Morgan fingerprint density at radius 2 is 2.04 bits per heavy atom. The SMILES string of the molecule is CCN(C(=O)c1ccc(N2CCN(C=O)CC2)nc1)C1CCS(=O)(=O)C1. The third-order valence-electron chi connectivity index (χ3n) is 5.03. The lowest BCUT2D eigenvalue weighted by Gasteiger charge is -2.33. The van der Waals surface area contributed by atoms with Gasteiger partial charge in [0.15, 0.2) is 9.84 Å². The lowest BCUT2D eigenvalue weighted by atomic mass is 10.1. The molecule has 1 aromatic heterocycles. The van der Waals surface area contributed by atoms with Gasteiger partial charge in [0.05, 0.1) is 17.1 Å². The van der Waals surface area contributed by atoms with Crippen LogP contribution in [-0.4, -0.2) is 85.8 Å². The van der Waals surface area contributed by atoms with Crippen molar-refractivity contribution >= 4 is 28.0 Å². The van der Waals surface area contributed by atoms with Crippen molar-refractivity contribution in [3.63, 3.8) is 0 Å². The largest absolute Gasteiger partial charge is 0.353 e. The Morgan fingerprint density at radius 1 is 1.31 bits per heavy atom. The minimum absolute atomic E-state index is 0.0408. The molecule has 0 bridgehead atoms. The standard InChI is InChI=1S/C17H24N4O4S/c1-2-21(15-5-10-26(24,25)12-15)17(23)14-3-4-16(18-11-14)20-8-6-19(13-22)7-9-20/h3-4,11,13,15H,2,5-10,12H2,1H3. The van der Waals surface area contributed by atoms with Crippen LogP contribution in [0.4, 0.5) is 5.82 Å². The fourth-order valence-corrected chi connectivity index (χ4v) is 5.24. The highest BCUT2D eigenvalue weighted by molar-refractivity contribution is 7.91. The van der Waals surface area contributed by atoms with E-state index in [0.717, 1.165) is 12.2 Å². The minimum Gasteiger partial charge on any atom is -0.353 e. The molecule has 0 spiro atoms. The summed E-state index contributed by atoms with van der Waals surface area (Å²) in [5.41, 5.74) is 0.464. The van der Waals surface area contributed by atoms with Crippen LogP contribution in [0.2, 0.25) is 0 Å². The number of hydrogen-bond donors (Lipinski definition) is 0. The van der Waals surface area contributed by atoms with Crippen molar-refractivity contribution in [3.8, 4) is 0 Å². The second kappa shape index (κ2) is 7.61. The van der Waals surface area contributed by atoms with E-state index in [1.807, 2.05) is 13.0 Å². The molecule has 8 nitrogen and oxygen atoms in total. The maximum Gasteiger partial charge on any atom is 0.255 e. The number of hydrogen-bond acceptors (Lipinski definition) is 6. The Kier molecular flexibility index (Phi) is 5.45. The van der Waals surface area contributed by atoms with Gasteiger partial charge in [-0.15, -0.1) is 0 Å². The maximum atomic E-state index is 12.8. The van der Waals surface area contributed by atoms with Gasteiger partial charge in [0.2, 0.25) is 6.41 Å². The van der Waals surface area contributed by atoms with Crippen molar-refractivity contribution < 1.29 is 18.0 Å². The minimum atomic E-state index is -3.04. The van der Waals surface area contributed by atoms with Crippen LogP contribution in [0.3, 0.4) is 0 Å². The molecule has 2 amide bonds. The van der Waals surface area contributed by atoms with Crippen molar-refractivity contribution in [2.75, 3.05) is 49.1 Å². The second-order valence-electron chi connectivity index (χ2n) is 6.68. The van der Waals surface area contributed by atoms with Crippen LogP contribution in [-0.2, 0) is 14.6 Å². The first-order chi connectivity index (χ1) is 12.4. The average Bonchev–Trinajstić information content (AvgIpc) is 3.02.